The van der Waals surface area contributed by atoms with Gasteiger partial charge in [0.05, 0.1) is 17.7 Å². The third-order valence-electron chi connectivity index (χ3n) is 6.02. The molecule has 5 rings (SSSR count). The van der Waals surface area contributed by atoms with Crippen LogP contribution in [0.25, 0.3) is 11.0 Å². The minimum atomic E-state index is -0.118. The van der Waals surface area contributed by atoms with Gasteiger partial charge in [-0.15, -0.1) is 11.3 Å². The minimum absolute atomic E-state index is 0.0801. The van der Waals surface area contributed by atoms with Crippen LogP contribution in [0.15, 0.2) is 28.7 Å². The summed E-state index contributed by atoms with van der Waals surface area (Å²) in [4.78, 5) is 45.0. The molecule has 3 amide bonds. The Hall–Kier alpha value is -3.13. The summed E-state index contributed by atoms with van der Waals surface area (Å²) in [6.07, 6.45) is 0.589. The van der Waals surface area contributed by atoms with Crippen molar-refractivity contribution in [1.82, 2.24) is 9.80 Å². The summed E-state index contributed by atoms with van der Waals surface area (Å²) in [5.41, 5.74) is 2.76. The maximum Gasteiger partial charge on any atom is 0.258 e. The van der Waals surface area contributed by atoms with Gasteiger partial charge in [0.1, 0.15) is 22.9 Å². The molecule has 0 saturated heterocycles. The number of likely N-dealkylation sites (N-methyl/N-ethyl adjacent to an activating group) is 2. The molecule has 0 atom stereocenters. The highest BCUT2D eigenvalue weighted by molar-refractivity contribution is 7.17. The fourth-order valence-corrected chi connectivity index (χ4v) is 5.92. The first-order valence-corrected chi connectivity index (χ1v) is 11.2. The Kier molecular flexibility index (Phi) is 4.62. The molecule has 4 heterocycles. The molecule has 0 saturated carbocycles. The van der Waals surface area contributed by atoms with Crippen LogP contribution >= 0.6 is 11.3 Å². The highest BCUT2D eigenvalue weighted by Gasteiger charge is 2.37. The normalized spacial score (nSPS) is 16.5. The van der Waals surface area contributed by atoms with Crippen LogP contribution in [-0.4, -0.2) is 54.2 Å². The third kappa shape index (κ3) is 3.05. The van der Waals surface area contributed by atoms with E-state index < -0.39 is 0 Å². The van der Waals surface area contributed by atoms with E-state index in [1.54, 1.807) is 22.9 Å². The van der Waals surface area contributed by atoms with Crippen LogP contribution in [0, 0.1) is 6.92 Å². The Balaban J connectivity index is 1.52. The SMILES string of the molecule is CCN1C(=O)CN(C)C(=O)c2c1sc1c2CCN(C(=O)c2cccc3cc(C)oc23)C1. The molecule has 0 bridgehead atoms. The van der Waals surface area contributed by atoms with E-state index in [0.717, 1.165) is 21.6 Å². The lowest BCUT2D eigenvalue weighted by molar-refractivity contribution is -0.118. The molecule has 8 heteroatoms. The third-order valence-corrected chi connectivity index (χ3v) is 7.26. The number of amides is 3. The fraction of sp³-hybridized carbons (Fsp3) is 0.348. The number of furan rings is 1. The zero-order valence-corrected chi connectivity index (χ0v) is 18.5. The Labute approximate surface area is 183 Å². The molecule has 0 fully saturated rings. The van der Waals surface area contributed by atoms with Crippen LogP contribution < -0.4 is 4.90 Å². The van der Waals surface area contributed by atoms with Gasteiger partial charge in [-0.05, 0) is 38.0 Å². The first-order valence-electron chi connectivity index (χ1n) is 10.4. The lowest BCUT2D eigenvalue weighted by atomic mass is 10.0. The molecular weight excluding hydrogens is 414 g/mol. The molecule has 0 spiro atoms. The number of fused-ring (bicyclic) bond motifs is 4. The predicted molar refractivity (Wildman–Crippen MR) is 119 cm³/mol. The summed E-state index contributed by atoms with van der Waals surface area (Å²) in [6.45, 7) is 5.31. The van der Waals surface area contributed by atoms with Crippen molar-refractivity contribution in [1.29, 1.82) is 0 Å². The van der Waals surface area contributed by atoms with Gasteiger partial charge in [0.2, 0.25) is 5.91 Å². The molecule has 160 valence electrons. The van der Waals surface area contributed by atoms with Crippen LogP contribution in [0.1, 0.15) is 43.8 Å². The van der Waals surface area contributed by atoms with E-state index in [1.165, 1.54) is 16.2 Å². The maximum atomic E-state index is 13.4. The van der Waals surface area contributed by atoms with Crippen LogP contribution in [0.4, 0.5) is 5.00 Å². The van der Waals surface area contributed by atoms with Crippen LogP contribution in [0.5, 0.6) is 0 Å². The summed E-state index contributed by atoms with van der Waals surface area (Å²) in [7, 11) is 1.66. The number of para-hydroxylation sites is 1. The number of benzene rings is 1. The average molecular weight is 438 g/mol. The minimum Gasteiger partial charge on any atom is -0.461 e. The van der Waals surface area contributed by atoms with Crippen molar-refractivity contribution in [3.63, 3.8) is 0 Å². The summed E-state index contributed by atoms with van der Waals surface area (Å²) >= 11 is 1.46. The Morgan fingerprint density at radius 2 is 2.03 bits per heavy atom. The van der Waals surface area contributed by atoms with E-state index >= 15 is 0 Å². The molecule has 0 aliphatic carbocycles. The molecular formula is C23H23N3O4S. The van der Waals surface area contributed by atoms with Crippen molar-refractivity contribution in [2.45, 2.75) is 26.8 Å². The van der Waals surface area contributed by atoms with Crippen molar-refractivity contribution in [3.8, 4) is 0 Å². The number of aryl methyl sites for hydroxylation is 1. The number of anilines is 1. The second kappa shape index (κ2) is 7.23. The van der Waals surface area contributed by atoms with Gasteiger partial charge in [-0.3, -0.25) is 14.4 Å². The Morgan fingerprint density at radius 3 is 2.81 bits per heavy atom. The van der Waals surface area contributed by atoms with Gasteiger partial charge in [0, 0.05) is 30.4 Å². The molecule has 2 aliphatic heterocycles. The standard InChI is InChI=1S/C23H23N3O4S/c1-4-26-18(27)12-24(3)22(29)19-15-8-9-25(11-17(15)31-23(19)26)21(28)16-7-5-6-14-10-13(2)30-20(14)16/h5-7,10H,4,8-9,11-12H2,1-3H3. The van der Waals surface area contributed by atoms with Gasteiger partial charge in [0.15, 0.2) is 0 Å². The maximum absolute atomic E-state index is 13.4. The first kappa shape index (κ1) is 19.8. The lowest BCUT2D eigenvalue weighted by Gasteiger charge is -2.27. The zero-order chi connectivity index (χ0) is 21.9. The topological polar surface area (TPSA) is 74.1 Å². The molecule has 1 aromatic carbocycles. The van der Waals surface area contributed by atoms with Gasteiger partial charge in [0.25, 0.3) is 11.8 Å². The second-order valence-corrected chi connectivity index (χ2v) is 9.12. The number of hydrogen-bond acceptors (Lipinski definition) is 5. The van der Waals surface area contributed by atoms with E-state index in [1.807, 2.05) is 32.0 Å². The molecule has 0 N–H and O–H groups in total. The quantitative estimate of drug-likeness (QED) is 0.616. The second-order valence-electron chi connectivity index (χ2n) is 8.04. The summed E-state index contributed by atoms with van der Waals surface area (Å²) in [6, 6.07) is 7.52. The van der Waals surface area contributed by atoms with Crippen LogP contribution in [-0.2, 0) is 17.8 Å². The van der Waals surface area contributed by atoms with Gasteiger partial charge in [-0.2, -0.15) is 0 Å². The summed E-state index contributed by atoms with van der Waals surface area (Å²) < 4.78 is 5.79. The number of thiophene rings is 1. The van der Waals surface area contributed by atoms with Gasteiger partial charge in [-0.25, -0.2) is 0 Å². The molecule has 2 aromatic heterocycles. The Bertz CT molecular complexity index is 1240. The molecule has 7 nitrogen and oxygen atoms in total. The summed E-state index contributed by atoms with van der Waals surface area (Å²) in [5.74, 6) is 0.488. The number of nitrogens with zero attached hydrogens (tertiary/aromatic N) is 3. The van der Waals surface area contributed by atoms with E-state index in [0.29, 0.717) is 47.8 Å². The van der Waals surface area contributed by atoms with Crippen LogP contribution in [0.3, 0.4) is 0 Å². The van der Waals surface area contributed by atoms with Gasteiger partial charge < -0.3 is 19.1 Å². The van der Waals surface area contributed by atoms with Crippen molar-refractivity contribution >= 4 is 45.0 Å². The zero-order valence-electron chi connectivity index (χ0n) is 17.7. The first-order chi connectivity index (χ1) is 14.9. The van der Waals surface area contributed by atoms with E-state index in [4.69, 9.17) is 4.42 Å². The lowest BCUT2D eigenvalue weighted by Crippen LogP contribution is -2.38. The Morgan fingerprint density at radius 1 is 1.23 bits per heavy atom. The number of hydrogen-bond donors (Lipinski definition) is 0. The smallest absolute Gasteiger partial charge is 0.258 e. The summed E-state index contributed by atoms with van der Waals surface area (Å²) in [5, 5.41) is 1.62. The molecule has 3 aromatic rings. The van der Waals surface area contributed by atoms with Crippen molar-refractivity contribution in [3.05, 3.63) is 51.6 Å². The number of carbonyl (C=O) groups is 3. The average Bonchev–Trinajstić information content (AvgIpc) is 3.29. The largest absolute Gasteiger partial charge is 0.461 e. The van der Waals surface area contributed by atoms with E-state index in [-0.39, 0.29) is 24.3 Å². The van der Waals surface area contributed by atoms with Crippen molar-refractivity contribution in [2.24, 2.45) is 0 Å². The monoisotopic (exact) mass is 437 g/mol. The molecule has 0 radical (unpaired) electrons. The number of carbonyl (C=O) groups excluding carboxylic acids is 3. The highest BCUT2D eigenvalue weighted by atomic mass is 32.1. The van der Waals surface area contributed by atoms with E-state index in [2.05, 4.69) is 0 Å². The molecule has 0 unspecified atom stereocenters. The van der Waals surface area contributed by atoms with Gasteiger partial charge >= 0.3 is 0 Å². The molecule has 2 aliphatic rings. The van der Waals surface area contributed by atoms with Crippen molar-refractivity contribution in [2.75, 3.05) is 31.6 Å². The van der Waals surface area contributed by atoms with Crippen LogP contribution in [0.2, 0.25) is 0 Å². The fourth-order valence-electron chi connectivity index (χ4n) is 4.49. The van der Waals surface area contributed by atoms with Gasteiger partial charge in [-0.1, -0.05) is 12.1 Å². The number of rotatable bonds is 2. The highest BCUT2D eigenvalue weighted by Crippen LogP contribution is 2.41. The predicted octanol–water partition coefficient (Wildman–Crippen LogP) is 3.44. The van der Waals surface area contributed by atoms with Crippen molar-refractivity contribution < 1.29 is 18.8 Å². The van der Waals surface area contributed by atoms with E-state index in [9.17, 15) is 14.4 Å². The molecule has 31 heavy (non-hydrogen) atoms.